The molecule has 3 N–H and O–H groups in total. The molecule has 0 spiro atoms. The molecule has 0 aliphatic carbocycles. The topological polar surface area (TPSA) is 96.1 Å². The second-order valence-corrected chi connectivity index (χ2v) is 4.97. The third-order valence-corrected chi connectivity index (χ3v) is 3.47. The highest BCUT2D eigenvalue weighted by Gasteiger charge is 2.24. The smallest absolute Gasteiger partial charge is 0.273 e. The number of nitrogens with zero attached hydrogens (tertiary/aromatic N) is 1. The van der Waals surface area contributed by atoms with Crippen molar-refractivity contribution in [3.8, 4) is 11.3 Å². The fraction of sp³-hybridized carbons (Fsp3) is 0.267. The van der Waals surface area contributed by atoms with E-state index >= 15 is 0 Å². The molecule has 2 amide bonds. The lowest BCUT2D eigenvalue weighted by Crippen LogP contribution is -2.46. The fourth-order valence-electron chi connectivity index (χ4n) is 2.33. The lowest BCUT2D eigenvalue weighted by molar-refractivity contribution is -0.130. The molecule has 2 aromatic rings. The summed E-state index contributed by atoms with van der Waals surface area (Å²) in [6.07, 6.45) is 2.46. The van der Waals surface area contributed by atoms with Crippen molar-refractivity contribution in [2.75, 3.05) is 6.61 Å². The maximum Gasteiger partial charge on any atom is 0.273 e. The number of hydrazine groups is 1. The Morgan fingerprint density at radius 1 is 1.23 bits per heavy atom. The highest BCUT2D eigenvalue weighted by molar-refractivity contribution is 6.00. The standard InChI is InChI=1S/C15H16N4O3/c20-14(18-19-15(21)12-7-4-8-22-12)11-9-16-17-13(11)10-5-2-1-3-6-10/h1-3,5-6,9,12H,4,7-8H2,(H,16,17)(H,18,20)(H,19,21). The number of ether oxygens (including phenoxy) is 1. The first kappa shape index (κ1) is 14.3. The maximum absolute atomic E-state index is 12.2. The molecule has 1 aromatic carbocycles. The number of amides is 2. The van der Waals surface area contributed by atoms with Gasteiger partial charge in [-0.2, -0.15) is 5.10 Å². The SMILES string of the molecule is O=C(NNC(=O)C1CCCO1)c1cn[nH]c1-c1ccccc1. The van der Waals surface area contributed by atoms with Crippen LogP contribution in [0.25, 0.3) is 11.3 Å². The van der Waals surface area contributed by atoms with Crippen LogP contribution in [0.2, 0.25) is 0 Å². The zero-order valence-corrected chi connectivity index (χ0v) is 11.8. The molecule has 1 atom stereocenters. The molecule has 1 unspecified atom stereocenters. The van der Waals surface area contributed by atoms with Crippen LogP contribution in [-0.4, -0.2) is 34.7 Å². The minimum Gasteiger partial charge on any atom is -0.368 e. The fourth-order valence-corrected chi connectivity index (χ4v) is 2.33. The van der Waals surface area contributed by atoms with Gasteiger partial charge in [0.2, 0.25) is 0 Å². The van der Waals surface area contributed by atoms with E-state index in [1.807, 2.05) is 30.3 Å². The van der Waals surface area contributed by atoms with Crippen molar-refractivity contribution in [1.29, 1.82) is 0 Å². The first-order valence-corrected chi connectivity index (χ1v) is 7.06. The Bertz CT molecular complexity index is 662. The van der Waals surface area contributed by atoms with Gasteiger partial charge in [-0.1, -0.05) is 30.3 Å². The number of carbonyl (C=O) groups excluding carboxylic acids is 2. The Balaban J connectivity index is 1.66. The highest BCUT2D eigenvalue weighted by atomic mass is 16.5. The third kappa shape index (κ3) is 2.99. The van der Waals surface area contributed by atoms with Gasteiger partial charge < -0.3 is 4.74 Å². The Morgan fingerprint density at radius 3 is 2.77 bits per heavy atom. The molecule has 22 heavy (non-hydrogen) atoms. The predicted molar refractivity (Wildman–Crippen MR) is 78.6 cm³/mol. The van der Waals surface area contributed by atoms with Crippen LogP contribution in [0, 0.1) is 0 Å². The largest absolute Gasteiger partial charge is 0.368 e. The minimum atomic E-state index is -0.488. The normalized spacial score (nSPS) is 17.2. The summed E-state index contributed by atoms with van der Waals surface area (Å²) in [6.45, 7) is 0.575. The van der Waals surface area contributed by atoms with Crippen LogP contribution in [-0.2, 0) is 9.53 Å². The molecular weight excluding hydrogens is 284 g/mol. The molecule has 7 nitrogen and oxygen atoms in total. The van der Waals surface area contributed by atoms with E-state index < -0.39 is 12.0 Å². The Morgan fingerprint density at radius 2 is 2.05 bits per heavy atom. The Hall–Kier alpha value is -2.67. The van der Waals surface area contributed by atoms with Gasteiger partial charge in [0.1, 0.15) is 6.10 Å². The van der Waals surface area contributed by atoms with Gasteiger partial charge in [-0.25, -0.2) is 0 Å². The van der Waals surface area contributed by atoms with E-state index in [1.54, 1.807) is 0 Å². The van der Waals surface area contributed by atoms with Crippen molar-refractivity contribution in [3.63, 3.8) is 0 Å². The summed E-state index contributed by atoms with van der Waals surface area (Å²) < 4.78 is 5.25. The van der Waals surface area contributed by atoms with Crippen molar-refractivity contribution < 1.29 is 14.3 Å². The average molecular weight is 300 g/mol. The highest BCUT2D eigenvalue weighted by Crippen LogP contribution is 2.20. The zero-order valence-electron chi connectivity index (χ0n) is 11.8. The molecule has 1 fully saturated rings. The van der Waals surface area contributed by atoms with E-state index in [9.17, 15) is 9.59 Å². The second kappa shape index (κ2) is 6.40. The van der Waals surface area contributed by atoms with Crippen LogP contribution in [0.1, 0.15) is 23.2 Å². The van der Waals surface area contributed by atoms with Crippen molar-refractivity contribution in [1.82, 2.24) is 21.0 Å². The van der Waals surface area contributed by atoms with Crippen LogP contribution in [0.5, 0.6) is 0 Å². The van der Waals surface area contributed by atoms with Crippen molar-refractivity contribution in [3.05, 3.63) is 42.1 Å². The average Bonchev–Trinajstić information content (AvgIpc) is 3.24. The summed E-state index contributed by atoms with van der Waals surface area (Å²) in [6, 6.07) is 9.38. The predicted octanol–water partition coefficient (Wildman–Crippen LogP) is 1.02. The number of H-pyrrole nitrogens is 1. The number of aromatic amines is 1. The first-order chi connectivity index (χ1) is 10.8. The maximum atomic E-state index is 12.2. The molecule has 1 aliphatic rings. The zero-order chi connectivity index (χ0) is 15.4. The van der Waals surface area contributed by atoms with E-state index in [0.717, 1.165) is 12.0 Å². The summed E-state index contributed by atoms with van der Waals surface area (Å²) in [5.41, 5.74) is 6.58. The number of rotatable bonds is 3. The molecule has 2 heterocycles. The van der Waals surface area contributed by atoms with Gasteiger partial charge in [-0.05, 0) is 12.8 Å². The second-order valence-electron chi connectivity index (χ2n) is 4.97. The monoisotopic (exact) mass is 300 g/mol. The van der Waals surface area contributed by atoms with E-state index in [1.165, 1.54) is 6.20 Å². The lowest BCUT2D eigenvalue weighted by atomic mass is 10.1. The lowest BCUT2D eigenvalue weighted by Gasteiger charge is -2.11. The number of carbonyl (C=O) groups is 2. The molecule has 0 bridgehead atoms. The molecule has 1 aliphatic heterocycles. The first-order valence-electron chi connectivity index (χ1n) is 7.06. The van der Waals surface area contributed by atoms with Crippen LogP contribution in [0.4, 0.5) is 0 Å². The van der Waals surface area contributed by atoms with Gasteiger partial charge in [0.05, 0.1) is 17.5 Å². The summed E-state index contributed by atoms with van der Waals surface area (Å²) in [5.74, 6) is -0.769. The number of hydrogen-bond donors (Lipinski definition) is 3. The molecule has 1 aromatic heterocycles. The van der Waals surface area contributed by atoms with Crippen molar-refractivity contribution in [2.24, 2.45) is 0 Å². The molecule has 0 saturated carbocycles. The van der Waals surface area contributed by atoms with Gasteiger partial charge in [-0.3, -0.25) is 25.5 Å². The quantitative estimate of drug-likeness (QED) is 0.737. The molecule has 3 rings (SSSR count). The third-order valence-electron chi connectivity index (χ3n) is 3.47. The molecule has 0 radical (unpaired) electrons. The van der Waals surface area contributed by atoms with E-state index in [2.05, 4.69) is 21.0 Å². The minimum absolute atomic E-state index is 0.337. The van der Waals surface area contributed by atoms with E-state index in [0.29, 0.717) is 24.3 Å². The van der Waals surface area contributed by atoms with E-state index in [4.69, 9.17) is 4.74 Å². The van der Waals surface area contributed by atoms with Crippen molar-refractivity contribution >= 4 is 11.8 Å². The van der Waals surface area contributed by atoms with Gasteiger partial charge in [-0.15, -0.1) is 0 Å². The van der Waals surface area contributed by atoms with Crippen LogP contribution >= 0.6 is 0 Å². The number of nitrogens with one attached hydrogen (secondary N) is 3. The summed E-state index contributed by atoms with van der Waals surface area (Å²) in [4.78, 5) is 24.0. The van der Waals surface area contributed by atoms with Crippen molar-refractivity contribution in [2.45, 2.75) is 18.9 Å². The summed E-state index contributed by atoms with van der Waals surface area (Å²) >= 11 is 0. The number of hydrogen-bond acceptors (Lipinski definition) is 4. The van der Waals surface area contributed by atoms with Crippen LogP contribution in [0.3, 0.4) is 0 Å². The number of benzene rings is 1. The van der Waals surface area contributed by atoms with Gasteiger partial charge >= 0.3 is 0 Å². The molecule has 114 valence electrons. The molecule has 7 heteroatoms. The number of aromatic nitrogens is 2. The Kier molecular flexibility index (Phi) is 4.15. The van der Waals surface area contributed by atoms with Crippen LogP contribution in [0.15, 0.2) is 36.5 Å². The van der Waals surface area contributed by atoms with Crippen LogP contribution < -0.4 is 10.9 Å². The summed E-state index contributed by atoms with van der Waals surface area (Å²) in [7, 11) is 0. The van der Waals surface area contributed by atoms with E-state index in [-0.39, 0.29) is 5.91 Å². The van der Waals surface area contributed by atoms with Gasteiger partial charge in [0.25, 0.3) is 11.8 Å². The van der Waals surface area contributed by atoms with Gasteiger partial charge in [0, 0.05) is 12.2 Å². The molecule has 1 saturated heterocycles. The van der Waals surface area contributed by atoms with Gasteiger partial charge in [0.15, 0.2) is 0 Å². The summed E-state index contributed by atoms with van der Waals surface area (Å²) in [5, 5.41) is 6.70. The Labute approximate surface area is 127 Å². The molecular formula is C15H16N4O3.